The van der Waals surface area contributed by atoms with Gasteiger partial charge in [-0.2, -0.15) is 36.3 Å². The molecule has 32 heavy (non-hydrogen) atoms. The minimum absolute atomic E-state index is 0.133. The van der Waals surface area contributed by atoms with Crippen LogP contribution in [0, 0.1) is 11.8 Å². The van der Waals surface area contributed by atoms with Crippen molar-refractivity contribution in [2.24, 2.45) is 12.2 Å². The van der Waals surface area contributed by atoms with Crippen LogP contribution in [0.2, 0.25) is 0 Å². The van der Waals surface area contributed by atoms with E-state index in [-0.39, 0.29) is 24.0 Å². The molecule has 1 aromatic carbocycles. The third-order valence-corrected chi connectivity index (χ3v) is 5.03. The first-order valence-electron chi connectivity index (χ1n) is 9.40. The molecule has 2 heterocycles. The molecular weight excluding hydrogens is 440 g/mol. The summed E-state index contributed by atoms with van der Waals surface area (Å²) in [6.45, 7) is 1.97. The molecule has 172 valence electrons. The smallest absolute Gasteiger partial charge is 0.298 e. The zero-order valence-corrected chi connectivity index (χ0v) is 17.3. The lowest BCUT2D eigenvalue weighted by molar-refractivity contribution is -0.142. The van der Waals surface area contributed by atoms with Gasteiger partial charge in [-0.05, 0) is 37.7 Å². The largest absolute Gasteiger partial charge is 0.433 e. The average Bonchev–Trinajstić information content (AvgIpc) is 3.00. The van der Waals surface area contributed by atoms with Crippen molar-refractivity contribution in [2.45, 2.75) is 31.9 Å². The van der Waals surface area contributed by atoms with E-state index in [0.717, 1.165) is 11.8 Å². The van der Waals surface area contributed by atoms with Crippen molar-refractivity contribution in [2.75, 3.05) is 13.6 Å². The van der Waals surface area contributed by atoms with E-state index in [0.29, 0.717) is 17.8 Å². The molecule has 12 heteroatoms. The van der Waals surface area contributed by atoms with Crippen LogP contribution in [0.4, 0.5) is 26.3 Å². The number of hydrogen-bond donors (Lipinski definition) is 0. The number of benzene rings is 1. The highest BCUT2D eigenvalue weighted by molar-refractivity contribution is 5.86. The van der Waals surface area contributed by atoms with Gasteiger partial charge in [-0.3, -0.25) is 9.58 Å². The number of nitrogens with zero attached hydrogens (tertiary/aromatic N) is 5. The lowest BCUT2D eigenvalue weighted by Gasteiger charge is -2.21. The summed E-state index contributed by atoms with van der Waals surface area (Å²) in [5.41, 5.74) is -2.44. The summed E-state index contributed by atoms with van der Waals surface area (Å²) in [6.07, 6.45) is -9.93. The van der Waals surface area contributed by atoms with Crippen LogP contribution in [0.15, 0.2) is 35.5 Å². The minimum atomic E-state index is -5.01. The number of pyridine rings is 1. The molecule has 3 rings (SSSR count). The standard InChI is InChI=1S/C20H19F6N5O/c1-11-7-12(28-31(11)3)9-30(2)10-16(29-32)14-8-17(20(24,25)26)27-18-13(14)5-4-6-15(18)19(21,22)23/h4-8,16H,9-10H2,1-3H3. The minimum Gasteiger partial charge on any atom is -0.298 e. The van der Waals surface area contributed by atoms with Gasteiger partial charge in [-0.25, -0.2) is 4.98 Å². The summed E-state index contributed by atoms with van der Waals surface area (Å²) in [5.74, 6) is 0. The Kier molecular flexibility index (Phi) is 6.27. The Hall–Kier alpha value is -3.02. The van der Waals surface area contributed by atoms with Crippen molar-refractivity contribution >= 4 is 10.9 Å². The van der Waals surface area contributed by atoms with Crippen LogP contribution < -0.4 is 0 Å². The number of hydrogen-bond acceptors (Lipinski definition) is 5. The number of rotatable bonds is 6. The third-order valence-electron chi connectivity index (χ3n) is 5.03. The molecule has 0 aliphatic rings. The second-order valence-corrected chi connectivity index (χ2v) is 7.51. The number of aromatic nitrogens is 3. The van der Waals surface area contributed by atoms with Gasteiger partial charge in [0.05, 0.1) is 16.8 Å². The van der Waals surface area contributed by atoms with Gasteiger partial charge >= 0.3 is 12.4 Å². The number of aryl methyl sites for hydroxylation is 2. The van der Waals surface area contributed by atoms with E-state index in [1.54, 1.807) is 29.7 Å². The van der Waals surface area contributed by atoms with Gasteiger partial charge in [0.15, 0.2) is 0 Å². The van der Waals surface area contributed by atoms with Gasteiger partial charge in [0.1, 0.15) is 11.7 Å². The van der Waals surface area contributed by atoms with E-state index in [4.69, 9.17) is 0 Å². The van der Waals surface area contributed by atoms with Gasteiger partial charge in [0.25, 0.3) is 0 Å². The van der Waals surface area contributed by atoms with Crippen molar-refractivity contribution in [3.8, 4) is 0 Å². The predicted molar refractivity (Wildman–Crippen MR) is 105 cm³/mol. The average molecular weight is 459 g/mol. The van der Waals surface area contributed by atoms with E-state index in [1.807, 2.05) is 6.92 Å². The van der Waals surface area contributed by atoms with Crippen LogP contribution in [-0.4, -0.2) is 33.3 Å². The Bertz CT molecular complexity index is 1120. The van der Waals surface area contributed by atoms with Gasteiger partial charge in [-0.15, -0.1) is 0 Å². The first-order valence-corrected chi connectivity index (χ1v) is 9.40. The Morgan fingerprint density at radius 1 is 1.12 bits per heavy atom. The highest BCUT2D eigenvalue weighted by atomic mass is 19.4. The zero-order chi connectivity index (χ0) is 23.8. The number of halogens is 6. The third kappa shape index (κ3) is 4.90. The summed E-state index contributed by atoms with van der Waals surface area (Å²) >= 11 is 0. The van der Waals surface area contributed by atoms with E-state index < -0.39 is 35.2 Å². The molecule has 0 spiro atoms. The maximum absolute atomic E-state index is 13.4. The van der Waals surface area contributed by atoms with Crippen LogP contribution in [-0.2, 0) is 25.9 Å². The molecule has 3 aromatic rings. The molecule has 0 aliphatic carbocycles. The summed E-state index contributed by atoms with van der Waals surface area (Å²) in [5, 5.41) is 7.00. The van der Waals surface area contributed by atoms with Crippen LogP contribution in [0.5, 0.6) is 0 Å². The zero-order valence-electron chi connectivity index (χ0n) is 17.3. The second-order valence-electron chi connectivity index (χ2n) is 7.51. The van der Waals surface area contributed by atoms with Crippen LogP contribution in [0.3, 0.4) is 0 Å². The van der Waals surface area contributed by atoms with Gasteiger partial charge in [-0.1, -0.05) is 17.3 Å². The highest BCUT2D eigenvalue weighted by Crippen LogP contribution is 2.39. The fourth-order valence-corrected chi connectivity index (χ4v) is 3.46. The fraction of sp³-hybridized carbons (Fsp3) is 0.400. The summed E-state index contributed by atoms with van der Waals surface area (Å²) in [7, 11) is 3.35. The molecular formula is C20H19F6N5O. The molecule has 0 aliphatic heterocycles. The second kappa shape index (κ2) is 8.49. The van der Waals surface area contributed by atoms with Crippen LogP contribution in [0.1, 0.15) is 34.3 Å². The van der Waals surface area contributed by atoms with Crippen molar-refractivity contribution in [3.05, 3.63) is 63.4 Å². The van der Waals surface area contributed by atoms with Crippen molar-refractivity contribution in [3.63, 3.8) is 0 Å². The highest BCUT2D eigenvalue weighted by Gasteiger charge is 2.38. The van der Waals surface area contributed by atoms with E-state index in [1.165, 1.54) is 6.07 Å². The predicted octanol–water partition coefficient (Wildman–Crippen LogP) is 5.25. The Labute approximate surface area is 178 Å². The van der Waals surface area contributed by atoms with E-state index in [2.05, 4.69) is 15.3 Å². The van der Waals surface area contributed by atoms with Crippen molar-refractivity contribution in [1.82, 2.24) is 19.7 Å². The molecule has 0 N–H and O–H groups in total. The lowest BCUT2D eigenvalue weighted by Crippen LogP contribution is -2.24. The molecule has 6 nitrogen and oxygen atoms in total. The molecule has 0 radical (unpaired) electrons. The SMILES string of the molecule is Cc1cc(CN(C)CC(N=O)c2cc(C(F)(F)F)nc3c(C(F)(F)F)cccc23)nn1C. The van der Waals surface area contributed by atoms with Crippen molar-refractivity contribution in [1.29, 1.82) is 0 Å². The first-order chi connectivity index (χ1) is 14.8. The topological polar surface area (TPSA) is 63.4 Å². The molecule has 1 unspecified atom stereocenters. The van der Waals surface area contributed by atoms with Gasteiger partial charge in [0.2, 0.25) is 0 Å². The maximum Gasteiger partial charge on any atom is 0.433 e. The fourth-order valence-electron chi connectivity index (χ4n) is 3.46. The molecule has 0 amide bonds. The quantitative estimate of drug-likeness (QED) is 0.373. The Morgan fingerprint density at radius 3 is 2.34 bits per heavy atom. The Balaban J connectivity index is 2.06. The number of alkyl halides is 6. The number of likely N-dealkylation sites (N-methyl/N-ethyl adjacent to an activating group) is 1. The Morgan fingerprint density at radius 2 is 1.81 bits per heavy atom. The van der Waals surface area contributed by atoms with Crippen LogP contribution >= 0.6 is 0 Å². The summed E-state index contributed by atoms with van der Waals surface area (Å²) in [6, 6.07) is 3.95. The summed E-state index contributed by atoms with van der Waals surface area (Å²) < 4.78 is 82.1. The molecule has 0 saturated heterocycles. The number of para-hydroxylation sites is 1. The van der Waals surface area contributed by atoms with Crippen LogP contribution in [0.25, 0.3) is 10.9 Å². The monoisotopic (exact) mass is 459 g/mol. The van der Waals surface area contributed by atoms with Crippen molar-refractivity contribution < 1.29 is 26.3 Å². The number of nitroso groups, excluding NO2 is 1. The molecule has 0 bridgehead atoms. The van der Waals surface area contributed by atoms with Gasteiger partial charge < -0.3 is 0 Å². The van der Waals surface area contributed by atoms with E-state index >= 15 is 0 Å². The normalized spacial score (nSPS) is 13.7. The van der Waals surface area contributed by atoms with E-state index in [9.17, 15) is 31.2 Å². The maximum atomic E-state index is 13.4. The number of fused-ring (bicyclic) bond motifs is 1. The summed E-state index contributed by atoms with van der Waals surface area (Å²) in [4.78, 5) is 16.5. The lowest BCUT2D eigenvalue weighted by atomic mass is 9.98. The molecule has 1 atom stereocenters. The molecule has 0 fully saturated rings. The molecule has 2 aromatic heterocycles. The first kappa shape index (κ1) is 23.6. The molecule has 0 saturated carbocycles. The van der Waals surface area contributed by atoms with Gasteiger partial charge in [0, 0.05) is 31.2 Å².